The van der Waals surface area contributed by atoms with Crippen molar-refractivity contribution >= 4 is 31.6 Å². The maximum atomic E-state index is 13.3. The SMILES string of the molecule is CC1CCC(NS(=O)(=O)c2cc(Br)c(F)cc2N)C1. The van der Waals surface area contributed by atoms with Crippen molar-refractivity contribution in [1.82, 2.24) is 4.72 Å². The standard InChI is InChI=1S/C12H16BrFN2O2S/c1-7-2-3-8(4-7)16-19(17,18)12-5-9(13)10(14)6-11(12)15/h5-8,16H,2-4,15H2,1H3. The van der Waals surface area contributed by atoms with E-state index in [1.807, 2.05) is 0 Å². The minimum absolute atomic E-state index is 0.0665. The quantitative estimate of drug-likeness (QED) is 0.823. The van der Waals surface area contributed by atoms with Gasteiger partial charge in [-0.2, -0.15) is 0 Å². The first-order valence-corrected chi connectivity index (χ1v) is 8.34. The van der Waals surface area contributed by atoms with E-state index in [0.29, 0.717) is 5.92 Å². The van der Waals surface area contributed by atoms with E-state index in [0.717, 1.165) is 25.3 Å². The minimum atomic E-state index is -3.71. The van der Waals surface area contributed by atoms with Crippen molar-refractivity contribution in [1.29, 1.82) is 0 Å². The van der Waals surface area contributed by atoms with Gasteiger partial charge in [-0.25, -0.2) is 17.5 Å². The van der Waals surface area contributed by atoms with Crippen molar-refractivity contribution in [2.24, 2.45) is 5.92 Å². The van der Waals surface area contributed by atoms with Crippen LogP contribution < -0.4 is 10.5 Å². The minimum Gasteiger partial charge on any atom is -0.398 e. The third-order valence-electron chi connectivity index (χ3n) is 3.36. The van der Waals surface area contributed by atoms with Gasteiger partial charge in [-0.1, -0.05) is 6.92 Å². The van der Waals surface area contributed by atoms with Crippen molar-refractivity contribution < 1.29 is 12.8 Å². The van der Waals surface area contributed by atoms with Crippen LogP contribution in [-0.4, -0.2) is 14.5 Å². The van der Waals surface area contributed by atoms with Gasteiger partial charge in [0.05, 0.1) is 10.2 Å². The Morgan fingerprint density at radius 3 is 2.68 bits per heavy atom. The molecule has 1 fully saturated rings. The second-order valence-electron chi connectivity index (χ2n) is 5.04. The van der Waals surface area contributed by atoms with E-state index in [-0.39, 0.29) is 21.1 Å². The van der Waals surface area contributed by atoms with Gasteiger partial charge < -0.3 is 5.73 Å². The first-order valence-electron chi connectivity index (χ1n) is 6.06. The fourth-order valence-electron chi connectivity index (χ4n) is 2.37. The molecule has 0 aromatic heterocycles. The van der Waals surface area contributed by atoms with Crippen LogP contribution in [0.1, 0.15) is 26.2 Å². The molecule has 0 bridgehead atoms. The fourth-order valence-corrected chi connectivity index (χ4v) is 4.29. The van der Waals surface area contributed by atoms with Crippen LogP contribution in [0, 0.1) is 11.7 Å². The number of hydrogen-bond donors (Lipinski definition) is 2. The average Bonchev–Trinajstić information content (AvgIpc) is 2.68. The van der Waals surface area contributed by atoms with Gasteiger partial charge in [0, 0.05) is 6.04 Å². The average molecular weight is 351 g/mol. The van der Waals surface area contributed by atoms with Gasteiger partial charge in [-0.3, -0.25) is 0 Å². The van der Waals surface area contributed by atoms with Gasteiger partial charge in [0.25, 0.3) is 0 Å². The van der Waals surface area contributed by atoms with Gasteiger partial charge in [-0.15, -0.1) is 0 Å². The molecule has 106 valence electrons. The first kappa shape index (κ1) is 14.7. The molecule has 1 aliphatic rings. The van der Waals surface area contributed by atoms with Crippen molar-refractivity contribution in [3.8, 4) is 0 Å². The largest absolute Gasteiger partial charge is 0.398 e. The second-order valence-corrected chi connectivity index (χ2v) is 7.58. The zero-order valence-corrected chi connectivity index (χ0v) is 12.9. The Kier molecular flexibility index (Phi) is 4.17. The summed E-state index contributed by atoms with van der Waals surface area (Å²) in [5, 5.41) is 0. The molecule has 1 aromatic carbocycles. The van der Waals surface area contributed by atoms with E-state index < -0.39 is 15.8 Å². The number of hydrogen-bond acceptors (Lipinski definition) is 3. The monoisotopic (exact) mass is 350 g/mol. The van der Waals surface area contributed by atoms with Crippen LogP contribution >= 0.6 is 15.9 Å². The third-order valence-corrected chi connectivity index (χ3v) is 5.54. The molecule has 2 rings (SSSR count). The number of nitrogens with two attached hydrogens (primary N) is 1. The number of benzene rings is 1. The summed E-state index contributed by atoms with van der Waals surface area (Å²) in [5.41, 5.74) is 5.51. The summed E-state index contributed by atoms with van der Waals surface area (Å²) in [7, 11) is -3.71. The number of nitrogen functional groups attached to an aromatic ring is 1. The zero-order chi connectivity index (χ0) is 14.2. The lowest BCUT2D eigenvalue weighted by atomic mass is 10.1. The van der Waals surface area contributed by atoms with Gasteiger partial charge in [-0.05, 0) is 53.2 Å². The van der Waals surface area contributed by atoms with Crippen molar-refractivity contribution in [2.75, 3.05) is 5.73 Å². The molecule has 4 nitrogen and oxygen atoms in total. The fraction of sp³-hybridized carbons (Fsp3) is 0.500. The molecule has 2 unspecified atom stereocenters. The molecule has 1 saturated carbocycles. The molecule has 0 amide bonds. The molecular weight excluding hydrogens is 335 g/mol. The Labute approximate surface area is 120 Å². The Morgan fingerprint density at radius 1 is 1.42 bits per heavy atom. The van der Waals surface area contributed by atoms with Gasteiger partial charge in [0.2, 0.25) is 10.0 Å². The van der Waals surface area contributed by atoms with Gasteiger partial charge >= 0.3 is 0 Å². The van der Waals surface area contributed by atoms with E-state index >= 15 is 0 Å². The third kappa shape index (κ3) is 3.27. The molecule has 0 spiro atoms. The molecule has 0 aliphatic heterocycles. The molecule has 1 aliphatic carbocycles. The number of anilines is 1. The highest BCUT2D eigenvalue weighted by Gasteiger charge is 2.28. The van der Waals surface area contributed by atoms with E-state index in [2.05, 4.69) is 27.6 Å². The Balaban J connectivity index is 2.27. The van der Waals surface area contributed by atoms with Crippen molar-refractivity contribution in [2.45, 2.75) is 37.1 Å². The molecule has 0 radical (unpaired) electrons. The maximum Gasteiger partial charge on any atom is 0.242 e. The van der Waals surface area contributed by atoms with E-state index in [4.69, 9.17) is 5.73 Å². The highest BCUT2D eigenvalue weighted by molar-refractivity contribution is 9.10. The van der Waals surface area contributed by atoms with E-state index in [1.54, 1.807) is 0 Å². The number of sulfonamides is 1. The van der Waals surface area contributed by atoms with Crippen molar-refractivity contribution in [3.63, 3.8) is 0 Å². The summed E-state index contributed by atoms with van der Waals surface area (Å²) >= 11 is 2.97. The van der Waals surface area contributed by atoms with Gasteiger partial charge in [0.15, 0.2) is 0 Å². The summed E-state index contributed by atoms with van der Waals surface area (Å²) in [4.78, 5) is -0.0830. The molecule has 3 N–H and O–H groups in total. The summed E-state index contributed by atoms with van der Waals surface area (Å²) in [6, 6.07) is 2.14. The van der Waals surface area contributed by atoms with Crippen molar-refractivity contribution in [3.05, 3.63) is 22.4 Å². The summed E-state index contributed by atoms with van der Waals surface area (Å²) in [6.07, 6.45) is 2.65. The Hall–Kier alpha value is -0.660. The lowest BCUT2D eigenvalue weighted by Gasteiger charge is -2.14. The van der Waals surface area contributed by atoms with Crippen LogP contribution in [0.15, 0.2) is 21.5 Å². The van der Waals surface area contributed by atoms with E-state index in [1.165, 1.54) is 6.07 Å². The van der Waals surface area contributed by atoms with Gasteiger partial charge in [0.1, 0.15) is 10.7 Å². The lowest BCUT2D eigenvalue weighted by molar-refractivity contribution is 0.538. The highest BCUT2D eigenvalue weighted by atomic mass is 79.9. The molecular formula is C12H16BrFN2O2S. The molecule has 7 heteroatoms. The predicted molar refractivity (Wildman–Crippen MR) is 75.6 cm³/mol. The highest BCUT2D eigenvalue weighted by Crippen LogP contribution is 2.29. The number of rotatable bonds is 3. The predicted octanol–water partition coefficient (Wildman–Crippen LogP) is 2.64. The Morgan fingerprint density at radius 2 is 2.11 bits per heavy atom. The molecule has 2 atom stereocenters. The first-order chi connectivity index (χ1) is 8.79. The summed E-state index contributed by atoms with van der Waals surface area (Å²) in [6.45, 7) is 2.09. The smallest absolute Gasteiger partial charge is 0.242 e. The maximum absolute atomic E-state index is 13.3. The lowest BCUT2D eigenvalue weighted by Crippen LogP contribution is -2.33. The van der Waals surface area contributed by atoms with Crippen LogP contribution in [0.5, 0.6) is 0 Å². The molecule has 1 aromatic rings. The van der Waals surface area contributed by atoms with Crippen LogP contribution in [0.2, 0.25) is 0 Å². The topological polar surface area (TPSA) is 72.2 Å². The van der Waals surface area contributed by atoms with E-state index in [9.17, 15) is 12.8 Å². The molecule has 19 heavy (non-hydrogen) atoms. The van der Waals surface area contributed by atoms with Crippen LogP contribution in [-0.2, 0) is 10.0 Å². The molecule has 0 heterocycles. The second kappa shape index (κ2) is 5.38. The van der Waals surface area contributed by atoms with Crippen LogP contribution in [0.25, 0.3) is 0 Å². The Bertz CT molecular complexity index is 592. The van der Waals surface area contributed by atoms with Crippen LogP contribution in [0.3, 0.4) is 0 Å². The van der Waals surface area contributed by atoms with Crippen LogP contribution in [0.4, 0.5) is 10.1 Å². The number of nitrogens with one attached hydrogen (secondary N) is 1. The normalized spacial score (nSPS) is 23.7. The number of halogens is 2. The summed E-state index contributed by atoms with van der Waals surface area (Å²) < 4.78 is 40.5. The summed E-state index contributed by atoms with van der Waals surface area (Å²) in [5.74, 6) is -0.0593. The molecule has 0 saturated heterocycles. The zero-order valence-electron chi connectivity index (χ0n) is 10.5.